The molecule has 0 N–H and O–H groups in total. The lowest BCUT2D eigenvalue weighted by molar-refractivity contribution is 0.0474. The molecule has 0 atom stereocenters. The molecule has 0 amide bonds. The van der Waals surface area contributed by atoms with Gasteiger partial charge in [-0.2, -0.15) is 11.8 Å². The van der Waals surface area contributed by atoms with E-state index in [9.17, 15) is 14.4 Å². The SMILES string of the molecule is C=CCOC(=O)c1ccc(C(=O)OCCCSCCC[Si](OC)(OC)OC)c(C(=O)OCC=C)c1. The molecule has 0 aliphatic rings. The summed E-state index contributed by atoms with van der Waals surface area (Å²) in [6, 6.07) is 4.72. The van der Waals surface area contributed by atoms with Crippen LogP contribution in [0.1, 0.15) is 43.9 Å². The van der Waals surface area contributed by atoms with Crippen molar-refractivity contribution in [3.05, 3.63) is 60.2 Å². The van der Waals surface area contributed by atoms with Gasteiger partial charge in [-0.25, -0.2) is 14.4 Å². The highest BCUT2D eigenvalue weighted by Crippen LogP contribution is 2.19. The summed E-state index contributed by atoms with van der Waals surface area (Å²) in [5, 5.41) is 0. The minimum atomic E-state index is -2.55. The summed E-state index contributed by atoms with van der Waals surface area (Å²) in [7, 11) is 2.23. The summed E-state index contributed by atoms with van der Waals surface area (Å²) in [5.74, 6) is -0.421. The smallest absolute Gasteiger partial charge is 0.462 e. The molecule has 0 aromatic heterocycles. The molecule has 194 valence electrons. The van der Waals surface area contributed by atoms with Crippen molar-refractivity contribution >= 4 is 38.5 Å². The normalized spacial score (nSPS) is 10.9. The van der Waals surface area contributed by atoms with E-state index in [1.165, 1.54) is 30.4 Å². The Hall–Kier alpha value is -2.44. The topological polar surface area (TPSA) is 107 Å². The van der Waals surface area contributed by atoms with Crippen molar-refractivity contribution in [1.29, 1.82) is 0 Å². The first kappa shape index (κ1) is 30.6. The van der Waals surface area contributed by atoms with Crippen molar-refractivity contribution in [2.45, 2.75) is 18.9 Å². The molecule has 35 heavy (non-hydrogen) atoms. The molecule has 9 nitrogen and oxygen atoms in total. The number of ether oxygens (including phenoxy) is 3. The van der Waals surface area contributed by atoms with E-state index in [0.717, 1.165) is 24.0 Å². The first-order valence-corrected chi connectivity index (χ1v) is 14.1. The summed E-state index contributed by atoms with van der Waals surface area (Å²) in [5.41, 5.74) is 0.0289. The molecule has 0 aliphatic heterocycles. The van der Waals surface area contributed by atoms with Crippen LogP contribution in [-0.4, -0.2) is 79.4 Å². The van der Waals surface area contributed by atoms with Gasteiger partial charge in [0.25, 0.3) is 0 Å². The van der Waals surface area contributed by atoms with E-state index in [4.69, 9.17) is 27.5 Å². The van der Waals surface area contributed by atoms with Crippen LogP contribution in [0.5, 0.6) is 0 Å². The van der Waals surface area contributed by atoms with E-state index in [-0.39, 0.29) is 36.5 Å². The molecule has 0 fully saturated rings. The second-order valence-electron chi connectivity index (χ2n) is 7.04. The Bertz CT molecular complexity index is 847. The van der Waals surface area contributed by atoms with Gasteiger partial charge in [0.05, 0.1) is 23.3 Å². The maximum Gasteiger partial charge on any atom is 0.500 e. The molecule has 0 saturated carbocycles. The predicted octanol–water partition coefficient (Wildman–Crippen LogP) is 3.92. The van der Waals surface area contributed by atoms with Crippen molar-refractivity contribution in [2.24, 2.45) is 0 Å². The summed E-state index contributed by atoms with van der Waals surface area (Å²) in [6.45, 7) is 7.14. The summed E-state index contributed by atoms with van der Waals surface area (Å²) in [4.78, 5) is 37.2. The van der Waals surface area contributed by atoms with Crippen LogP contribution >= 0.6 is 11.8 Å². The standard InChI is InChI=1S/C24H34O9SSi/c1-6-12-31-22(25)19-10-11-20(21(18-19)24(27)32-13-7-2)23(26)33-14-8-15-34-16-9-17-35(28-3,29-4)30-5/h6-7,10-11,18H,1-2,8-9,12-17H2,3-5H3. The summed E-state index contributed by atoms with van der Waals surface area (Å²) >= 11 is 1.72. The van der Waals surface area contributed by atoms with E-state index < -0.39 is 26.7 Å². The molecule has 0 unspecified atom stereocenters. The Morgan fingerprint density at radius 2 is 1.40 bits per heavy atom. The van der Waals surface area contributed by atoms with Gasteiger partial charge in [-0.15, -0.1) is 0 Å². The number of hydrogen-bond acceptors (Lipinski definition) is 10. The maximum absolute atomic E-state index is 12.6. The van der Waals surface area contributed by atoms with Gasteiger partial charge in [-0.1, -0.05) is 25.3 Å². The van der Waals surface area contributed by atoms with Crippen molar-refractivity contribution in [2.75, 3.05) is 52.7 Å². The Kier molecular flexibility index (Phi) is 14.9. The van der Waals surface area contributed by atoms with Crippen molar-refractivity contribution < 1.29 is 41.9 Å². The first-order valence-electron chi connectivity index (χ1n) is 11.0. The molecule has 0 bridgehead atoms. The van der Waals surface area contributed by atoms with E-state index in [2.05, 4.69) is 13.2 Å². The van der Waals surface area contributed by atoms with Gasteiger partial charge in [0.2, 0.25) is 0 Å². The molecule has 0 heterocycles. The molecule has 1 aromatic carbocycles. The number of carbonyl (C=O) groups excluding carboxylic acids is 3. The van der Waals surface area contributed by atoms with Crippen molar-refractivity contribution in [3.63, 3.8) is 0 Å². The van der Waals surface area contributed by atoms with Gasteiger partial charge >= 0.3 is 26.7 Å². The number of hydrogen-bond donors (Lipinski definition) is 0. The first-order chi connectivity index (χ1) is 16.9. The van der Waals surface area contributed by atoms with Crippen LogP contribution in [0.15, 0.2) is 43.5 Å². The Morgan fingerprint density at radius 3 is 2.00 bits per heavy atom. The van der Waals surface area contributed by atoms with E-state index in [1.807, 2.05) is 0 Å². The van der Waals surface area contributed by atoms with Gasteiger partial charge in [0.15, 0.2) is 0 Å². The van der Waals surface area contributed by atoms with E-state index in [0.29, 0.717) is 6.42 Å². The quantitative estimate of drug-likeness (QED) is 0.0918. The average Bonchev–Trinajstić information content (AvgIpc) is 2.89. The minimum absolute atomic E-state index is 0.00646. The third-order valence-corrected chi connectivity index (χ3v) is 8.72. The van der Waals surface area contributed by atoms with Gasteiger partial charge in [-0.05, 0) is 42.5 Å². The zero-order chi connectivity index (χ0) is 26.1. The third-order valence-electron chi connectivity index (χ3n) is 4.73. The van der Waals surface area contributed by atoms with Crippen molar-refractivity contribution in [1.82, 2.24) is 0 Å². The molecule has 1 rings (SSSR count). The summed E-state index contributed by atoms with van der Waals surface area (Å²) < 4.78 is 31.6. The van der Waals surface area contributed by atoms with Crippen molar-refractivity contribution in [3.8, 4) is 0 Å². The molecule has 11 heteroatoms. The van der Waals surface area contributed by atoms with Crippen LogP contribution < -0.4 is 0 Å². The molecule has 1 aromatic rings. The van der Waals surface area contributed by atoms with Crippen LogP contribution in [0, 0.1) is 0 Å². The van der Waals surface area contributed by atoms with Crippen LogP contribution in [0.25, 0.3) is 0 Å². The third kappa shape index (κ3) is 10.4. The Morgan fingerprint density at radius 1 is 0.829 bits per heavy atom. The highest BCUT2D eigenvalue weighted by Gasteiger charge is 2.36. The monoisotopic (exact) mass is 526 g/mol. The zero-order valence-electron chi connectivity index (χ0n) is 20.5. The second-order valence-corrected chi connectivity index (χ2v) is 11.4. The number of thioether (sulfide) groups is 1. The fourth-order valence-corrected chi connectivity index (χ4v) is 5.75. The Labute approximate surface area is 212 Å². The van der Waals surface area contributed by atoms with E-state index >= 15 is 0 Å². The lowest BCUT2D eigenvalue weighted by Crippen LogP contribution is -2.42. The highest BCUT2D eigenvalue weighted by molar-refractivity contribution is 7.99. The summed E-state index contributed by atoms with van der Waals surface area (Å²) in [6.07, 6.45) is 4.34. The lowest BCUT2D eigenvalue weighted by Gasteiger charge is -2.24. The lowest BCUT2D eigenvalue weighted by atomic mass is 10.0. The fraction of sp³-hybridized carbons (Fsp3) is 0.458. The van der Waals surface area contributed by atoms with Crippen LogP contribution in [-0.2, 0) is 27.5 Å². The fourth-order valence-electron chi connectivity index (χ4n) is 2.90. The number of carbonyl (C=O) groups is 3. The van der Waals surface area contributed by atoms with Gasteiger partial charge in [0.1, 0.15) is 13.2 Å². The van der Waals surface area contributed by atoms with Gasteiger partial charge in [0, 0.05) is 27.4 Å². The highest BCUT2D eigenvalue weighted by atomic mass is 32.2. The molecule has 0 saturated heterocycles. The average molecular weight is 527 g/mol. The molecule has 0 aliphatic carbocycles. The molecular weight excluding hydrogens is 492 g/mol. The van der Waals surface area contributed by atoms with Crippen LogP contribution in [0.3, 0.4) is 0 Å². The molecule has 0 radical (unpaired) electrons. The maximum atomic E-state index is 12.6. The largest absolute Gasteiger partial charge is 0.500 e. The van der Waals surface area contributed by atoms with Gasteiger partial charge in [-0.3, -0.25) is 0 Å². The van der Waals surface area contributed by atoms with E-state index in [1.54, 1.807) is 33.1 Å². The van der Waals surface area contributed by atoms with Crippen LogP contribution in [0.2, 0.25) is 6.04 Å². The molecule has 0 spiro atoms. The van der Waals surface area contributed by atoms with Gasteiger partial charge < -0.3 is 27.5 Å². The van der Waals surface area contributed by atoms with Crippen LogP contribution in [0.4, 0.5) is 0 Å². The Balaban J connectivity index is 2.62. The number of benzene rings is 1. The second kappa shape index (κ2) is 17.1. The minimum Gasteiger partial charge on any atom is -0.462 e. The predicted molar refractivity (Wildman–Crippen MR) is 136 cm³/mol. The molecular formula is C24H34O9SSi. The zero-order valence-corrected chi connectivity index (χ0v) is 22.4. The number of esters is 3. The number of rotatable bonds is 18.